The number of nitrogens with zero attached hydrogens (tertiary/aromatic N) is 3. The number of hydrogen-bond donors (Lipinski definition) is 0. The zero-order valence-corrected chi connectivity index (χ0v) is 14.8. The first kappa shape index (κ1) is 17.4. The Labute approximate surface area is 151 Å². The topological polar surface area (TPSA) is 54.8 Å². The van der Waals surface area contributed by atoms with E-state index in [4.69, 9.17) is 16.3 Å². The maximum absolute atomic E-state index is 12.8. The van der Waals surface area contributed by atoms with Crippen LogP contribution in [0.1, 0.15) is 17.3 Å². The summed E-state index contributed by atoms with van der Waals surface area (Å²) in [7, 11) is 0. The Balaban J connectivity index is 1.72. The lowest BCUT2D eigenvalue weighted by Gasteiger charge is -2.34. The molecule has 2 heterocycles. The molecule has 1 aromatic carbocycles. The van der Waals surface area contributed by atoms with Gasteiger partial charge in [-0.15, -0.1) is 0 Å². The Morgan fingerprint density at radius 2 is 1.72 bits per heavy atom. The van der Waals surface area contributed by atoms with Crippen LogP contribution in [0.2, 0.25) is 5.02 Å². The number of rotatable bonds is 3. The van der Waals surface area contributed by atoms with Crippen LogP contribution in [0.25, 0.3) is 5.69 Å². The van der Waals surface area contributed by atoms with Crippen LogP contribution in [-0.4, -0.2) is 59.2 Å². The summed E-state index contributed by atoms with van der Waals surface area (Å²) in [6.45, 7) is 3.96. The van der Waals surface area contributed by atoms with Crippen LogP contribution in [0, 0.1) is 0 Å². The van der Waals surface area contributed by atoms with Crippen molar-refractivity contribution in [1.82, 2.24) is 14.4 Å². The summed E-state index contributed by atoms with van der Waals surface area (Å²) in [5.74, 6) is -0.123. The Bertz CT molecular complexity index is 753. The zero-order chi connectivity index (χ0) is 17.8. The minimum absolute atomic E-state index is 0.123. The maximum atomic E-state index is 12.8. The van der Waals surface area contributed by atoms with Crippen LogP contribution in [0.4, 0.5) is 4.79 Å². The molecule has 0 aliphatic carbocycles. The lowest BCUT2D eigenvalue weighted by Crippen LogP contribution is -2.50. The van der Waals surface area contributed by atoms with Gasteiger partial charge in [-0.05, 0) is 37.3 Å². The van der Waals surface area contributed by atoms with Crippen LogP contribution in [0.3, 0.4) is 0 Å². The quantitative estimate of drug-likeness (QED) is 0.844. The molecule has 0 atom stereocenters. The number of aromatic nitrogens is 1. The lowest BCUT2D eigenvalue weighted by atomic mass is 10.1. The molecule has 1 saturated heterocycles. The van der Waals surface area contributed by atoms with E-state index in [1.165, 1.54) is 0 Å². The van der Waals surface area contributed by atoms with Gasteiger partial charge in [0.2, 0.25) is 0 Å². The van der Waals surface area contributed by atoms with Gasteiger partial charge in [0.15, 0.2) is 0 Å². The summed E-state index contributed by atoms with van der Waals surface area (Å²) in [6, 6.07) is 9.24. The zero-order valence-electron chi connectivity index (χ0n) is 14.0. The van der Waals surface area contributed by atoms with Gasteiger partial charge in [0.25, 0.3) is 5.91 Å². The number of carbonyl (C=O) groups excluding carboxylic acids is 2. The van der Waals surface area contributed by atoms with Crippen molar-refractivity contribution >= 4 is 23.6 Å². The largest absolute Gasteiger partial charge is 0.450 e. The Morgan fingerprint density at radius 3 is 2.36 bits per heavy atom. The Hall–Kier alpha value is -2.47. The van der Waals surface area contributed by atoms with Gasteiger partial charge < -0.3 is 19.1 Å². The molecule has 1 aliphatic rings. The molecule has 0 N–H and O–H groups in total. The smallest absolute Gasteiger partial charge is 0.409 e. The van der Waals surface area contributed by atoms with Crippen LogP contribution >= 0.6 is 11.6 Å². The third kappa shape index (κ3) is 3.79. The predicted octanol–water partition coefficient (Wildman–Crippen LogP) is 3.05. The number of halogens is 1. The number of amides is 2. The molecule has 1 aliphatic heterocycles. The molecule has 3 rings (SSSR count). The van der Waals surface area contributed by atoms with E-state index < -0.39 is 0 Å². The van der Waals surface area contributed by atoms with E-state index in [0.717, 1.165) is 5.69 Å². The Kier molecular flexibility index (Phi) is 5.28. The van der Waals surface area contributed by atoms with Gasteiger partial charge in [-0.25, -0.2) is 4.79 Å². The summed E-state index contributed by atoms with van der Waals surface area (Å²) in [5, 5.41) is 0.425. The first-order valence-electron chi connectivity index (χ1n) is 8.24. The third-order valence-electron chi connectivity index (χ3n) is 4.18. The molecule has 0 bridgehead atoms. The van der Waals surface area contributed by atoms with E-state index in [0.29, 0.717) is 43.4 Å². The van der Waals surface area contributed by atoms with Gasteiger partial charge in [0.05, 0.1) is 17.2 Å². The first-order valence-corrected chi connectivity index (χ1v) is 8.62. The van der Waals surface area contributed by atoms with Gasteiger partial charge in [-0.1, -0.05) is 11.6 Å². The molecule has 0 radical (unpaired) electrons. The highest BCUT2D eigenvalue weighted by atomic mass is 35.5. The first-order chi connectivity index (χ1) is 12.1. The second-order valence-electron chi connectivity index (χ2n) is 5.73. The van der Waals surface area contributed by atoms with Crippen LogP contribution in [-0.2, 0) is 4.74 Å². The van der Waals surface area contributed by atoms with Crippen molar-refractivity contribution < 1.29 is 14.3 Å². The van der Waals surface area contributed by atoms with Crippen LogP contribution < -0.4 is 0 Å². The van der Waals surface area contributed by atoms with Crippen molar-refractivity contribution in [2.45, 2.75) is 6.92 Å². The number of hydrogen-bond acceptors (Lipinski definition) is 3. The number of benzene rings is 1. The fourth-order valence-corrected chi connectivity index (χ4v) is 3.02. The second kappa shape index (κ2) is 7.61. The molecule has 132 valence electrons. The van der Waals surface area contributed by atoms with Crippen molar-refractivity contribution in [2.75, 3.05) is 32.8 Å². The maximum Gasteiger partial charge on any atom is 0.409 e. The van der Waals surface area contributed by atoms with Crippen molar-refractivity contribution in [2.24, 2.45) is 0 Å². The minimum atomic E-state index is -0.331. The van der Waals surface area contributed by atoms with Crippen molar-refractivity contribution in [1.29, 1.82) is 0 Å². The van der Waals surface area contributed by atoms with Crippen LogP contribution in [0.15, 0.2) is 42.7 Å². The fraction of sp³-hybridized carbons (Fsp3) is 0.333. The van der Waals surface area contributed by atoms with E-state index in [1.807, 2.05) is 35.2 Å². The lowest BCUT2D eigenvalue weighted by molar-refractivity contribution is 0.0570. The number of piperazine rings is 1. The predicted molar refractivity (Wildman–Crippen MR) is 95.3 cm³/mol. The molecular weight excluding hydrogens is 342 g/mol. The van der Waals surface area contributed by atoms with E-state index in [-0.39, 0.29) is 12.0 Å². The molecule has 7 heteroatoms. The molecule has 6 nitrogen and oxygen atoms in total. The summed E-state index contributed by atoms with van der Waals surface area (Å²) in [5.41, 5.74) is 1.35. The number of carbonyl (C=O) groups is 2. The fourth-order valence-electron chi connectivity index (χ4n) is 2.82. The summed E-state index contributed by atoms with van der Waals surface area (Å²) in [4.78, 5) is 27.9. The molecule has 1 aromatic heterocycles. The average molecular weight is 362 g/mol. The molecule has 25 heavy (non-hydrogen) atoms. The van der Waals surface area contributed by atoms with Crippen molar-refractivity contribution in [3.63, 3.8) is 0 Å². The van der Waals surface area contributed by atoms with Crippen molar-refractivity contribution in [3.05, 3.63) is 53.3 Å². The monoisotopic (exact) mass is 361 g/mol. The van der Waals surface area contributed by atoms with E-state index in [1.54, 1.807) is 28.9 Å². The van der Waals surface area contributed by atoms with Gasteiger partial charge in [-0.2, -0.15) is 0 Å². The molecule has 2 amide bonds. The molecule has 0 spiro atoms. The van der Waals surface area contributed by atoms with Gasteiger partial charge in [0.1, 0.15) is 0 Å². The van der Waals surface area contributed by atoms with E-state index >= 15 is 0 Å². The molecule has 1 fully saturated rings. The summed E-state index contributed by atoms with van der Waals surface area (Å²) < 4.78 is 6.92. The molecule has 0 unspecified atom stereocenters. The standard InChI is InChI=1S/C18H20ClN3O3/c1-2-25-18(24)22-11-9-21(10-12-22)17(23)15-13-14(5-6-16(15)19)20-7-3-4-8-20/h3-8,13H,2,9-12H2,1H3. The van der Waals surface area contributed by atoms with Crippen LogP contribution in [0.5, 0.6) is 0 Å². The molecule has 2 aromatic rings. The highest BCUT2D eigenvalue weighted by Crippen LogP contribution is 2.22. The average Bonchev–Trinajstić information content (AvgIpc) is 3.16. The van der Waals surface area contributed by atoms with E-state index in [2.05, 4.69) is 0 Å². The Morgan fingerprint density at radius 1 is 1.08 bits per heavy atom. The second-order valence-corrected chi connectivity index (χ2v) is 6.14. The highest BCUT2D eigenvalue weighted by Gasteiger charge is 2.26. The summed E-state index contributed by atoms with van der Waals surface area (Å²) >= 11 is 6.25. The molecule has 0 saturated carbocycles. The van der Waals surface area contributed by atoms with Gasteiger partial charge in [0, 0.05) is 44.3 Å². The normalized spacial score (nSPS) is 14.5. The SMILES string of the molecule is CCOC(=O)N1CCN(C(=O)c2cc(-n3cccc3)ccc2Cl)CC1. The van der Waals surface area contributed by atoms with Crippen molar-refractivity contribution in [3.8, 4) is 5.69 Å². The third-order valence-corrected chi connectivity index (χ3v) is 4.51. The van der Waals surface area contributed by atoms with Gasteiger partial charge >= 0.3 is 6.09 Å². The minimum Gasteiger partial charge on any atom is -0.450 e. The molecular formula is C18H20ClN3O3. The number of ether oxygens (including phenoxy) is 1. The summed E-state index contributed by atoms with van der Waals surface area (Å²) in [6.07, 6.45) is 3.49. The highest BCUT2D eigenvalue weighted by molar-refractivity contribution is 6.33. The van der Waals surface area contributed by atoms with Gasteiger partial charge in [-0.3, -0.25) is 4.79 Å². The van der Waals surface area contributed by atoms with E-state index in [9.17, 15) is 9.59 Å².